The van der Waals surface area contributed by atoms with Gasteiger partial charge in [0, 0.05) is 0 Å². The Morgan fingerprint density at radius 3 is 2.56 bits per heavy atom. The minimum Gasteiger partial charge on any atom is -0.482 e. The van der Waals surface area contributed by atoms with Crippen molar-refractivity contribution in [1.29, 1.82) is 0 Å². The second-order valence-corrected chi connectivity index (χ2v) is 3.23. The van der Waals surface area contributed by atoms with Crippen LogP contribution in [-0.4, -0.2) is 23.9 Å². The number of benzene rings is 1. The molecule has 1 N–H and O–H groups in total. The Bertz CT molecular complexity index is 403. The molecule has 0 aliphatic rings. The summed E-state index contributed by atoms with van der Waals surface area (Å²) in [5, 5.41) is 8.52. The molecule has 1 rings (SSSR count). The van der Waals surface area contributed by atoms with Gasteiger partial charge < -0.3 is 9.84 Å². The quantitative estimate of drug-likeness (QED) is 0.902. The maximum atomic E-state index is 11.9. The lowest BCUT2D eigenvalue weighted by Gasteiger charge is -2.12. The molecule has 3 nitrogen and oxygen atoms in total. The average Bonchev–Trinajstić information content (AvgIpc) is 2.13. The number of alkyl halides is 3. The third-order valence-corrected chi connectivity index (χ3v) is 1.88. The predicted molar refractivity (Wildman–Crippen MR) is 50.0 cm³/mol. The van der Waals surface area contributed by atoms with Crippen LogP contribution in [0.3, 0.4) is 0 Å². The first kappa shape index (κ1) is 12.6. The average molecular weight is 255 g/mol. The van der Waals surface area contributed by atoms with Crippen LogP contribution in [0, 0.1) is 0 Å². The van der Waals surface area contributed by atoms with Gasteiger partial charge in [-0.25, -0.2) is 4.79 Å². The minimum absolute atomic E-state index is 0.177. The predicted octanol–water partition coefficient (Wildman–Crippen LogP) is 2.98. The molecule has 0 saturated carbocycles. The van der Waals surface area contributed by atoms with Gasteiger partial charge in [-0.2, -0.15) is 13.2 Å². The molecule has 0 atom stereocenters. The largest absolute Gasteiger partial charge is 0.482 e. The number of carbonyl (C=O) groups is 1. The monoisotopic (exact) mass is 254 g/mol. The molecule has 0 bridgehead atoms. The number of hydrogen-bond acceptors (Lipinski definition) is 2. The van der Waals surface area contributed by atoms with Crippen LogP contribution in [0.1, 0.15) is 10.4 Å². The van der Waals surface area contributed by atoms with E-state index >= 15 is 0 Å². The number of para-hydroxylation sites is 1. The van der Waals surface area contributed by atoms with E-state index in [1.54, 1.807) is 0 Å². The maximum absolute atomic E-state index is 11.9. The zero-order valence-electron chi connectivity index (χ0n) is 7.71. The standard InChI is InChI=1S/C9H6ClF3O3/c10-6-3-1-2-5(8(14)15)7(6)16-4-9(11,12)13/h1-3H,4H2,(H,14,15). The minimum atomic E-state index is -4.55. The molecule has 7 heteroatoms. The molecule has 0 aromatic heterocycles. The van der Waals surface area contributed by atoms with Crippen LogP contribution >= 0.6 is 11.6 Å². The molecule has 0 unspecified atom stereocenters. The van der Waals surface area contributed by atoms with E-state index in [4.69, 9.17) is 16.7 Å². The third-order valence-electron chi connectivity index (χ3n) is 1.58. The molecule has 0 spiro atoms. The van der Waals surface area contributed by atoms with Crippen LogP contribution in [0.2, 0.25) is 5.02 Å². The van der Waals surface area contributed by atoms with Crippen molar-refractivity contribution in [3.05, 3.63) is 28.8 Å². The Kier molecular flexibility index (Phi) is 3.64. The molecule has 0 saturated heterocycles. The van der Waals surface area contributed by atoms with Crippen molar-refractivity contribution in [2.24, 2.45) is 0 Å². The van der Waals surface area contributed by atoms with Crippen molar-refractivity contribution >= 4 is 17.6 Å². The van der Waals surface area contributed by atoms with Gasteiger partial charge in [0.25, 0.3) is 0 Å². The number of carboxylic acids is 1. The summed E-state index contributed by atoms with van der Waals surface area (Å²) in [4.78, 5) is 10.7. The Morgan fingerprint density at radius 2 is 2.06 bits per heavy atom. The smallest absolute Gasteiger partial charge is 0.422 e. The number of carboxylic acid groups (broad SMARTS) is 1. The normalized spacial score (nSPS) is 11.2. The van der Waals surface area contributed by atoms with Gasteiger partial charge in [-0.15, -0.1) is 0 Å². The van der Waals surface area contributed by atoms with Crippen molar-refractivity contribution in [1.82, 2.24) is 0 Å². The van der Waals surface area contributed by atoms with Gasteiger partial charge in [0.05, 0.1) is 5.02 Å². The first-order valence-corrected chi connectivity index (χ1v) is 4.40. The topological polar surface area (TPSA) is 46.5 Å². The van der Waals surface area contributed by atoms with Crippen LogP contribution in [0.5, 0.6) is 5.75 Å². The van der Waals surface area contributed by atoms with Crippen molar-refractivity contribution in [3.8, 4) is 5.75 Å². The number of aromatic carboxylic acids is 1. The summed E-state index contributed by atoms with van der Waals surface area (Å²) in [6.07, 6.45) is -4.55. The van der Waals surface area contributed by atoms with Crippen molar-refractivity contribution in [2.45, 2.75) is 6.18 Å². The molecule has 0 radical (unpaired) electrons. The third kappa shape index (κ3) is 3.30. The molecular formula is C9H6ClF3O3. The van der Waals surface area contributed by atoms with Gasteiger partial charge in [-0.05, 0) is 12.1 Å². The fourth-order valence-electron chi connectivity index (χ4n) is 0.978. The fourth-order valence-corrected chi connectivity index (χ4v) is 1.21. The molecule has 0 heterocycles. The highest BCUT2D eigenvalue weighted by Crippen LogP contribution is 2.30. The molecule has 0 fully saturated rings. The van der Waals surface area contributed by atoms with Crippen LogP contribution in [0.4, 0.5) is 13.2 Å². The van der Waals surface area contributed by atoms with Crippen molar-refractivity contribution in [2.75, 3.05) is 6.61 Å². The summed E-state index contributed by atoms with van der Waals surface area (Å²) in [6, 6.07) is 3.67. The van der Waals surface area contributed by atoms with Crippen LogP contribution in [0.15, 0.2) is 18.2 Å². The molecule has 88 valence electrons. The Balaban J connectivity index is 2.98. The number of ether oxygens (including phenoxy) is 1. The van der Waals surface area contributed by atoms with E-state index in [9.17, 15) is 18.0 Å². The van der Waals surface area contributed by atoms with E-state index in [1.807, 2.05) is 0 Å². The van der Waals surface area contributed by atoms with Gasteiger partial charge in [-0.1, -0.05) is 17.7 Å². The van der Waals surface area contributed by atoms with E-state index < -0.39 is 30.1 Å². The summed E-state index contributed by atoms with van der Waals surface area (Å²) in [5.74, 6) is -1.88. The van der Waals surface area contributed by atoms with E-state index in [0.29, 0.717) is 0 Å². The van der Waals surface area contributed by atoms with Crippen molar-refractivity contribution in [3.63, 3.8) is 0 Å². The molecule has 0 aliphatic carbocycles. The number of rotatable bonds is 3. The first-order chi connectivity index (χ1) is 7.31. The summed E-state index contributed by atoms with van der Waals surface area (Å²) in [5.41, 5.74) is -0.406. The lowest BCUT2D eigenvalue weighted by atomic mass is 10.2. The van der Waals surface area contributed by atoms with Gasteiger partial charge in [-0.3, -0.25) is 0 Å². The highest BCUT2D eigenvalue weighted by Gasteiger charge is 2.29. The number of halogens is 4. The summed E-state index contributed by atoms with van der Waals surface area (Å²) >= 11 is 5.55. The lowest BCUT2D eigenvalue weighted by molar-refractivity contribution is -0.153. The molecule has 1 aromatic carbocycles. The zero-order chi connectivity index (χ0) is 12.3. The SMILES string of the molecule is O=C(O)c1cccc(Cl)c1OCC(F)(F)F. The highest BCUT2D eigenvalue weighted by atomic mass is 35.5. The van der Waals surface area contributed by atoms with Crippen LogP contribution in [0.25, 0.3) is 0 Å². The second-order valence-electron chi connectivity index (χ2n) is 2.83. The molecular weight excluding hydrogens is 249 g/mol. The van der Waals surface area contributed by atoms with Crippen molar-refractivity contribution < 1.29 is 27.8 Å². The summed E-state index contributed by atoms with van der Waals surface area (Å²) < 4.78 is 40.0. The zero-order valence-corrected chi connectivity index (χ0v) is 8.47. The summed E-state index contributed by atoms with van der Waals surface area (Å²) in [7, 11) is 0. The maximum Gasteiger partial charge on any atom is 0.422 e. The number of hydrogen-bond donors (Lipinski definition) is 1. The van der Waals surface area contributed by atoms with E-state index in [2.05, 4.69) is 4.74 Å². The Morgan fingerprint density at radius 1 is 1.44 bits per heavy atom. The van der Waals surface area contributed by atoms with E-state index in [0.717, 1.165) is 6.07 Å². The molecule has 16 heavy (non-hydrogen) atoms. The van der Waals surface area contributed by atoms with E-state index in [-0.39, 0.29) is 5.02 Å². The second kappa shape index (κ2) is 4.61. The fraction of sp³-hybridized carbons (Fsp3) is 0.222. The Labute approximate surface area is 93.4 Å². The summed E-state index contributed by atoms with van der Waals surface area (Å²) in [6.45, 7) is -1.59. The molecule has 1 aromatic rings. The van der Waals surface area contributed by atoms with Gasteiger partial charge >= 0.3 is 12.1 Å². The Hall–Kier alpha value is -1.43. The molecule has 0 amide bonds. The first-order valence-electron chi connectivity index (χ1n) is 4.02. The molecule has 0 aliphatic heterocycles. The lowest BCUT2D eigenvalue weighted by Crippen LogP contribution is -2.20. The van der Waals surface area contributed by atoms with E-state index in [1.165, 1.54) is 12.1 Å². The van der Waals surface area contributed by atoms with Gasteiger partial charge in [0.15, 0.2) is 12.4 Å². The highest BCUT2D eigenvalue weighted by molar-refractivity contribution is 6.32. The van der Waals surface area contributed by atoms with Crippen LogP contribution < -0.4 is 4.74 Å². The van der Waals surface area contributed by atoms with Crippen LogP contribution in [-0.2, 0) is 0 Å². The van der Waals surface area contributed by atoms with Gasteiger partial charge in [0.1, 0.15) is 5.56 Å². The van der Waals surface area contributed by atoms with Gasteiger partial charge in [0.2, 0.25) is 0 Å².